The summed E-state index contributed by atoms with van der Waals surface area (Å²) in [5, 5.41) is 13.7. The predicted octanol–water partition coefficient (Wildman–Crippen LogP) is 6.00. The third-order valence-electron chi connectivity index (χ3n) is 12.9. The molecule has 16 nitrogen and oxygen atoms in total. The molecular weight excluding hydrogens is 871 g/mol. The van der Waals surface area contributed by atoms with Crippen molar-refractivity contribution in [1.29, 1.82) is 0 Å². The van der Waals surface area contributed by atoms with Crippen LogP contribution in [0.3, 0.4) is 0 Å². The number of amides is 6. The van der Waals surface area contributed by atoms with E-state index in [1.165, 1.54) is 0 Å². The summed E-state index contributed by atoms with van der Waals surface area (Å²) < 4.78 is 1.98. The van der Waals surface area contributed by atoms with Crippen LogP contribution in [-0.4, -0.2) is 110 Å². The highest BCUT2D eigenvalue weighted by molar-refractivity contribution is 6.36. The number of aromatic nitrogens is 4. The Bertz CT molecular complexity index is 2900. The van der Waals surface area contributed by atoms with Crippen molar-refractivity contribution >= 4 is 86.9 Å². The largest absolute Gasteiger partial charge is 0.371 e. The van der Waals surface area contributed by atoms with E-state index in [4.69, 9.17) is 23.2 Å². The Labute approximate surface area is 382 Å². The number of benzene rings is 4. The number of nitrogens with one attached hydrogen (secondary N) is 3. The third-order valence-corrected chi connectivity index (χ3v) is 13.6. The maximum atomic E-state index is 13.7. The topological polar surface area (TPSA) is 186 Å². The molecule has 4 aliphatic heterocycles. The monoisotopic (exact) mass is 912 g/mol. The average Bonchev–Trinajstić information content (AvgIpc) is 4.03. The number of hydrogen-bond donors (Lipinski definition) is 3. The highest BCUT2D eigenvalue weighted by Crippen LogP contribution is 2.36. The number of H-pyrrole nitrogens is 1. The molecule has 10 rings (SSSR count). The first-order valence-electron chi connectivity index (χ1n) is 21.5. The van der Waals surface area contributed by atoms with Gasteiger partial charge in [-0.05, 0) is 79.9 Å². The van der Waals surface area contributed by atoms with Gasteiger partial charge in [0.05, 0.1) is 46.4 Å². The highest BCUT2D eigenvalue weighted by Gasteiger charge is 2.46. The Balaban J connectivity index is 0.712. The van der Waals surface area contributed by atoms with Crippen molar-refractivity contribution in [3.63, 3.8) is 0 Å². The van der Waals surface area contributed by atoms with Crippen LogP contribution in [0.15, 0.2) is 91.3 Å². The normalized spacial score (nSPS) is 18.1. The molecule has 3 saturated heterocycles. The van der Waals surface area contributed by atoms with E-state index in [0.29, 0.717) is 85.8 Å². The van der Waals surface area contributed by atoms with E-state index in [-0.39, 0.29) is 41.7 Å². The summed E-state index contributed by atoms with van der Waals surface area (Å²) in [5.41, 5.74) is 6.63. The lowest BCUT2D eigenvalue weighted by Gasteiger charge is -2.40. The summed E-state index contributed by atoms with van der Waals surface area (Å²) in [4.78, 5) is 90.0. The first kappa shape index (κ1) is 41.9. The van der Waals surface area contributed by atoms with Gasteiger partial charge in [0.2, 0.25) is 17.7 Å². The highest BCUT2D eigenvalue weighted by atomic mass is 35.5. The van der Waals surface area contributed by atoms with Gasteiger partial charge in [-0.2, -0.15) is 5.10 Å². The van der Waals surface area contributed by atoms with Gasteiger partial charge in [0.15, 0.2) is 5.82 Å². The number of carbonyl (C=O) groups excluding carboxylic acids is 6. The van der Waals surface area contributed by atoms with Crippen LogP contribution < -0.4 is 20.4 Å². The van der Waals surface area contributed by atoms with Crippen molar-refractivity contribution in [2.45, 2.75) is 38.3 Å². The second-order valence-corrected chi connectivity index (χ2v) is 17.5. The van der Waals surface area contributed by atoms with E-state index in [1.54, 1.807) is 42.7 Å². The summed E-state index contributed by atoms with van der Waals surface area (Å²) in [6, 6.07) is 24.6. The Hall–Kier alpha value is -7.04. The Morgan fingerprint density at radius 2 is 1.52 bits per heavy atom. The maximum absolute atomic E-state index is 13.7. The van der Waals surface area contributed by atoms with Gasteiger partial charge < -0.3 is 24.6 Å². The summed E-state index contributed by atoms with van der Waals surface area (Å²) in [7, 11) is 0. The van der Waals surface area contributed by atoms with E-state index in [1.807, 2.05) is 62.9 Å². The number of rotatable bonds is 9. The number of imide groups is 2. The zero-order valence-electron chi connectivity index (χ0n) is 34.9. The van der Waals surface area contributed by atoms with Crippen molar-refractivity contribution in [2.24, 2.45) is 5.92 Å². The number of imidazole rings is 1. The molecule has 1 unspecified atom stereocenters. The molecule has 0 bridgehead atoms. The average molecular weight is 914 g/mol. The first-order chi connectivity index (χ1) is 31.5. The fraction of sp³-hybridized carbons (Fsp3) is 0.277. The fourth-order valence-electron chi connectivity index (χ4n) is 9.32. The number of piperazine rings is 1. The van der Waals surface area contributed by atoms with Crippen molar-refractivity contribution in [1.82, 2.24) is 34.9 Å². The van der Waals surface area contributed by atoms with Crippen LogP contribution >= 0.6 is 23.2 Å². The number of nitrogens with zero attached hydrogens (tertiary/aromatic N) is 7. The smallest absolute Gasteiger partial charge is 0.264 e. The number of fused-ring (bicyclic) bond motifs is 2. The minimum Gasteiger partial charge on any atom is -0.371 e. The number of aromatic amines is 1. The molecule has 3 fully saturated rings. The number of carbonyl (C=O) groups is 6. The van der Waals surface area contributed by atoms with Gasteiger partial charge in [-0.3, -0.25) is 44.1 Å². The summed E-state index contributed by atoms with van der Waals surface area (Å²) in [6.07, 6.45) is 3.27. The standard InChI is InChI=1S/C47H42Cl2N10O6/c48-33-4-2-5-34(49)32(33)25-58-26-50-35-12-9-29(23-39(35)58)36-24-40(54-53-36)51-43(61)27-7-10-30(11-8-27)55-17-15-28(16-18-55)45(63)57-21-19-56(20-22-57)37-6-1-3-31-42(37)47(65)59(46(31)64)38-13-14-41(60)52-44(38)62/h1-12,23-24,26,28,38H,13-22,25H2,(H,52,60,62)(H2,51,53,54,61). The molecule has 0 spiro atoms. The van der Waals surface area contributed by atoms with E-state index < -0.39 is 29.7 Å². The SMILES string of the molecule is O=C1CCC(N2C(=O)c3cccc(N4CCN(C(=O)C5CCN(c6ccc(C(=O)Nc7cc(-c8ccc9ncn(Cc%10c(Cl)cccc%10Cl)c9c8)[nH]n7)cc6)CC5)CC4)c3C2=O)C(=O)N1. The van der Waals surface area contributed by atoms with Crippen LogP contribution in [0, 0.1) is 5.92 Å². The molecule has 4 aliphatic rings. The molecule has 1 atom stereocenters. The summed E-state index contributed by atoms with van der Waals surface area (Å²) >= 11 is 12.9. The lowest BCUT2D eigenvalue weighted by Crippen LogP contribution is -2.54. The molecule has 2 aromatic heterocycles. The molecule has 0 aliphatic carbocycles. The lowest BCUT2D eigenvalue weighted by atomic mass is 9.94. The Morgan fingerprint density at radius 3 is 2.26 bits per heavy atom. The van der Waals surface area contributed by atoms with E-state index in [2.05, 4.69) is 30.7 Å². The van der Waals surface area contributed by atoms with Crippen molar-refractivity contribution in [3.05, 3.63) is 124 Å². The zero-order valence-corrected chi connectivity index (χ0v) is 36.4. The number of halogens is 2. The first-order valence-corrected chi connectivity index (χ1v) is 22.2. The van der Waals surface area contributed by atoms with Crippen molar-refractivity contribution in [3.8, 4) is 11.3 Å². The van der Waals surface area contributed by atoms with Gasteiger partial charge in [-0.25, -0.2) is 4.98 Å². The molecule has 3 N–H and O–H groups in total. The minimum absolute atomic E-state index is 0.0505. The second-order valence-electron chi connectivity index (χ2n) is 16.7. The lowest BCUT2D eigenvalue weighted by molar-refractivity contribution is -0.137. The number of anilines is 3. The van der Waals surface area contributed by atoms with E-state index in [0.717, 1.165) is 38.4 Å². The van der Waals surface area contributed by atoms with Gasteiger partial charge in [0, 0.05) is 90.1 Å². The summed E-state index contributed by atoms with van der Waals surface area (Å²) in [5.74, 6) is -2.09. The number of piperidine rings is 2. The van der Waals surface area contributed by atoms with Crippen LogP contribution in [0.1, 0.15) is 62.3 Å². The van der Waals surface area contributed by atoms with Crippen molar-refractivity contribution in [2.75, 3.05) is 54.4 Å². The van der Waals surface area contributed by atoms with E-state index >= 15 is 0 Å². The Kier molecular flexibility index (Phi) is 11.1. The molecule has 4 aromatic carbocycles. The predicted molar refractivity (Wildman–Crippen MR) is 244 cm³/mol. The van der Waals surface area contributed by atoms with Gasteiger partial charge in [-0.15, -0.1) is 0 Å². The molecule has 18 heteroatoms. The van der Waals surface area contributed by atoms with Crippen LogP contribution in [0.4, 0.5) is 17.2 Å². The van der Waals surface area contributed by atoms with Crippen LogP contribution in [-0.2, 0) is 20.9 Å². The van der Waals surface area contributed by atoms with E-state index in [9.17, 15) is 28.8 Å². The molecule has 330 valence electrons. The van der Waals surface area contributed by atoms with Crippen molar-refractivity contribution < 1.29 is 28.8 Å². The molecular formula is C47H42Cl2N10O6. The number of hydrogen-bond acceptors (Lipinski definition) is 10. The molecule has 6 aromatic rings. The fourth-order valence-corrected chi connectivity index (χ4v) is 9.84. The van der Waals surface area contributed by atoms with Gasteiger partial charge in [0.25, 0.3) is 17.7 Å². The molecule has 6 heterocycles. The van der Waals surface area contributed by atoms with Crippen LogP contribution in [0.25, 0.3) is 22.3 Å². The van der Waals surface area contributed by atoms with Crippen LogP contribution in [0.2, 0.25) is 10.0 Å². The molecule has 0 radical (unpaired) electrons. The summed E-state index contributed by atoms with van der Waals surface area (Å²) in [6.45, 7) is 3.72. The second kappa shape index (κ2) is 17.2. The van der Waals surface area contributed by atoms with Gasteiger partial charge in [0.1, 0.15) is 6.04 Å². The van der Waals surface area contributed by atoms with Gasteiger partial charge >= 0.3 is 0 Å². The minimum atomic E-state index is -1.04. The zero-order chi connectivity index (χ0) is 44.9. The quantitative estimate of drug-likeness (QED) is 0.145. The van der Waals surface area contributed by atoms with Gasteiger partial charge in [-0.1, -0.05) is 41.4 Å². The molecule has 65 heavy (non-hydrogen) atoms. The molecule has 0 saturated carbocycles. The Morgan fingerprint density at radius 1 is 0.785 bits per heavy atom. The molecule has 6 amide bonds. The van der Waals surface area contributed by atoms with Crippen LogP contribution in [0.5, 0.6) is 0 Å². The maximum Gasteiger partial charge on any atom is 0.264 e. The third kappa shape index (κ3) is 7.97.